The molecule has 0 aromatic heterocycles. The fourth-order valence-corrected chi connectivity index (χ4v) is 2.35. The van der Waals surface area contributed by atoms with E-state index in [1.54, 1.807) is 0 Å². The highest BCUT2D eigenvalue weighted by molar-refractivity contribution is 5.27. The van der Waals surface area contributed by atoms with Gasteiger partial charge in [0.1, 0.15) is 5.82 Å². The minimum Gasteiger partial charge on any atom is -0.313 e. The predicted octanol–water partition coefficient (Wildman–Crippen LogP) is 4.22. The molecule has 0 aliphatic rings. The predicted molar refractivity (Wildman–Crippen MR) is 71.6 cm³/mol. The van der Waals surface area contributed by atoms with E-state index in [9.17, 15) is 4.39 Å². The average Bonchev–Trinajstić information content (AvgIpc) is 2.30. The number of aryl methyl sites for hydroxylation is 1. The summed E-state index contributed by atoms with van der Waals surface area (Å²) in [5.41, 5.74) is 1.53. The molecule has 96 valence electrons. The molecule has 0 heterocycles. The highest BCUT2D eigenvalue weighted by Gasteiger charge is 2.17. The lowest BCUT2D eigenvalue weighted by Gasteiger charge is -2.21. The van der Waals surface area contributed by atoms with Gasteiger partial charge in [0.05, 0.1) is 0 Å². The van der Waals surface area contributed by atoms with Gasteiger partial charge in [-0.25, -0.2) is 4.39 Å². The molecule has 0 saturated carbocycles. The first kappa shape index (κ1) is 14.2. The third-order valence-electron chi connectivity index (χ3n) is 3.37. The Kier molecular flexibility index (Phi) is 5.63. The van der Waals surface area contributed by atoms with Gasteiger partial charge >= 0.3 is 0 Å². The van der Waals surface area contributed by atoms with Gasteiger partial charge < -0.3 is 5.32 Å². The summed E-state index contributed by atoms with van der Waals surface area (Å²) in [7, 11) is 1.91. The number of rotatable bonds is 6. The quantitative estimate of drug-likeness (QED) is 0.781. The van der Waals surface area contributed by atoms with Crippen LogP contribution < -0.4 is 5.32 Å². The Labute approximate surface area is 104 Å². The van der Waals surface area contributed by atoms with E-state index in [0.29, 0.717) is 5.92 Å². The maximum absolute atomic E-state index is 14.0. The standard InChI is InChI=1S/C15H24FN/c1-5-7-11(2)10-14(17-4)13-9-6-8-12(3)15(13)16/h6,8-9,11,14,17H,5,7,10H2,1-4H3. The smallest absolute Gasteiger partial charge is 0.130 e. The molecule has 1 nitrogen and oxygen atoms in total. The molecule has 0 spiro atoms. The number of hydrogen-bond donors (Lipinski definition) is 1. The Morgan fingerprint density at radius 1 is 1.35 bits per heavy atom. The number of benzene rings is 1. The Hall–Kier alpha value is -0.890. The molecule has 1 aromatic rings. The van der Waals surface area contributed by atoms with Crippen molar-refractivity contribution in [2.45, 2.75) is 46.1 Å². The molecule has 2 heteroatoms. The average molecular weight is 237 g/mol. The highest BCUT2D eigenvalue weighted by Crippen LogP contribution is 2.26. The van der Waals surface area contributed by atoms with Crippen molar-refractivity contribution >= 4 is 0 Å². The number of halogens is 1. The minimum atomic E-state index is -0.0597. The first-order valence-electron chi connectivity index (χ1n) is 6.52. The zero-order chi connectivity index (χ0) is 12.8. The van der Waals surface area contributed by atoms with Crippen LogP contribution in [-0.2, 0) is 0 Å². The largest absolute Gasteiger partial charge is 0.313 e. The molecule has 2 unspecified atom stereocenters. The SMILES string of the molecule is CCCC(C)CC(NC)c1cccc(C)c1F. The lowest BCUT2D eigenvalue weighted by atomic mass is 9.92. The molecule has 1 aromatic carbocycles. The van der Waals surface area contributed by atoms with Crippen molar-refractivity contribution in [3.63, 3.8) is 0 Å². The lowest BCUT2D eigenvalue weighted by Crippen LogP contribution is -2.20. The molecular weight excluding hydrogens is 213 g/mol. The Morgan fingerprint density at radius 2 is 2.06 bits per heavy atom. The third-order valence-corrected chi connectivity index (χ3v) is 3.37. The van der Waals surface area contributed by atoms with Gasteiger partial charge in [-0.2, -0.15) is 0 Å². The van der Waals surface area contributed by atoms with Crippen LogP contribution in [0.25, 0.3) is 0 Å². The van der Waals surface area contributed by atoms with Crippen molar-refractivity contribution in [3.8, 4) is 0 Å². The van der Waals surface area contributed by atoms with Gasteiger partial charge in [0.15, 0.2) is 0 Å². The van der Waals surface area contributed by atoms with E-state index in [2.05, 4.69) is 19.2 Å². The molecule has 1 N–H and O–H groups in total. The summed E-state index contributed by atoms with van der Waals surface area (Å²) >= 11 is 0. The Bertz CT molecular complexity index is 349. The second-order valence-electron chi connectivity index (χ2n) is 4.95. The van der Waals surface area contributed by atoms with Gasteiger partial charge in [0.25, 0.3) is 0 Å². The van der Waals surface area contributed by atoms with Crippen LogP contribution in [0.4, 0.5) is 4.39 Å². The van der Waals surface area contributed by atoms with Crippen molar-refractivity contribution in [3.05, 3.63) is 35.1 Å². The molecule has 0 amide bonds. The van der Waals surface area contributed by atoms with Crippen LogP contribution in [0.3, 0.4) is 0 Å². The molecule has 0 radical (unpaired) electrons. The minimum absolute atomic E-state index is 0.0597. The monoisotopic (exact) mass is 237 g/mol. The molecule has 17 heavy (non-hydrogen) atoms. The van der Waals surface area contributed by atoms with E-state index >= 15 is 0 Å². The molecule has 0 aliphatic carbocycles. The van der Waals surface area contributed by atoms with Crippen LogP contribution in [0.15, 0.2) is 18.2 Å². The van der Waals surface area contributed by atoms with Gasteiger partial charge in [-0.1, -0.05) is 44.9 Å². The fourth-order valence-electron chi connectivity index (χ4n) is 2.35. The van der Waals surface area contributed by atoms with Crippen molar-refractivity contribution in [1.29, 1.82) is 0 Å². The Balaban J connectivity index is 2.82. The van der Waals surface area contributed by atoms with Gasteiger partial charge in [0, 0.05) is 11.6 Å². The van der Waals surface area contributed by atoms with Crippen LogP contribution >= 0.6 is 0 Å². The summed E-state index contributed by atoms with van der Waals surface area (Å²) in [6.07, 6.45) is 3.38. The topological polar surface area (TPSA) is 12.0 Å². The second-order valence-corrected chi connectivity index (χ2v) is 4.95. The van der Waals surface area contributed by atoms with E-state index in [1.165, 1.54) is 12.8 Å². The molecule has 0 fully saturated rings. The summed E-state index contributed by atoms with van der Waals surface area (Å²) in [4.78, 5) is 0. The van der Waals surface area contributed by atoms with E-state index in [1.807, 2.05) is 32.2 Å². The van der Waals surface area contributed by atoms with Crippen molar-refractivity contribution in [2.75, 3.05) is 7.05 Å². The molecule has 0 bridgehead atoms. The molecule has 1 rings (SSSR count). The van der Waals surface area contributed by atoms with Crippen molar-refractivity contribution in [1.82, 2.24) is 5.32 Å². The van der Waals surface area contributed by atoms with Crippen LogP contribution in [0, 0.1) is 18.7 Å². The van der Waals surface area contributed by atoms with E-state index in [4.69, 9.17) is 0 Å². The zero-order valence-electron chi connectivity index (χ0n) is 11.4. The maximum atomic E-state index is 14.0. The molecule has 0 saturated heterocycles. The van der Waals surface area contributed by atoms with Crippen LogP contribution in [-0.4, -0.2) is 7.05 Å². The second kappa shape index (κ2) is 6.75. The normalized spacial score (nSPS) is 14.6. The molecule has 0 aliphatic heterocycles. The Morgan fingerprint density at radius 3 is 2.65 bits per heavy atom. The summed E-state index contributed by atoms with van der Waals surface area (Å²) in [5, 5.41) is 3.24. The highest BCUT2D eigenvalue weighted by atomic mass is 19.1. The van der Waals surface area contributed by atoms with E-state index in [0.717, 1.165) is 17.5 Å². The third kappa shape index (κ3) is 3.81. The number of nitrogens with one attached hydrogen (secondary N) is 1. The van der Waals surface area contributed by atoms with Gasteiger partial charge in [-0.05, 0) is 31.9 Å². The molecular formula is C15H24FN. The van der Waals surface area contributed by atoms with Crippen LogP contribution in [0.5, 0.6) is 0 Å². The lowest BCUT2D eigenvalue weighted by molar-refractivity contribution is 0.397. The zero-order valence-corrected chi connectivity index (χ0v) is 11.4. The van der Waals surface area contributed by atoms with Gasteiger partial charge in [-0.3, -0.25) is 0 Å². The summed E-state index contributed by atoms with van der Waals surface area (Å²) in [5.74, 6) is 0.563. The fraction of sp³-hybridized carbons (Fsp3) is 0.600. The van der Waals surface area contributed by atoms with Crippen LogP contribution in [0.2, 0.25) is 0 Å². The van der Waals surface area contributed by atoms with E-state index < -0.39 is 0 Å². The maximum Gasteiger partial charge on any atom is 0.130 e. The first-order valence-corrected chi connectivity index (χ1v) is 6.52. The summed E-state index contributed by atoms with van der Waals surface area (Å²) in [6, 6.07) is 5.77. The van der Waals surface area contributed by atoms with Crippen molar-refractivity contribution in [2.24, 2.45) is 5.92 Å². The van der Waals surface area contributed by atoms with Crippen molar-refractivity contribution < 1.29 is 4.39 Å². The molecule has 2 atom stereocenters. The number of hydrogen-bond acceptors (Lipinski definition) is 1. The van der Waals surface area contributed by atoms with Gasteiger partial charge in [0.2, 0.25) is 0 Å². The first-order chi connectivity index (χ1) is 8.10. The summed E-state index contributed by atoms with van der Waals surface area (Å²) < 4.78 is 14.0. The van der Waals surface area contributed by atoms with Crippen LogP contribution in [0.1, 0.15) is 50.3 Å². The van der Waals surface area contributed by atoms with E-state index in [-0.39, 0.29) is 11.9 Å². The van der Waals surface area contributed by atoms with Gasteiger partial charge in [-0.15, -0.1) is 0 Å². The summed E-state index contributed by atoms with van der Waals surface area (Å²) in [6.45, 7) is 6.25.